The van der Waals surface area contributed by atoms with E-state index in [0.29, 0.717) is 43.5 Å². The molecule has 0 radical (unpaired) electrons. The van der Waals surface area contributed by atoms with Crippen molar-refractivity contribution in [1.82, 2.24) is 9.66 Å². The molecule has 2 aromatic carbocycles. The largest absolute Gasteiger partial charge is 0.491 e. The zero-order valence-corrected chi connectivity index (χ0v) is 18.1. The van der Waals surface area contributed by atoms with Crippen molar-refractivity contribution in [2.75, 3.05) is 18.2 Å². The van der Waals surface area contributed by atoms with E-state index in [0.717, 1.165) is 15.8 Å². The van der Waals surface area contributed by atoms with Crippen molar-refractivity contribution < 1.29 is 4.74 Å². The van der Waals surface area contributed by atoms with Crippen LogP contribution in [0, 0.1) is 0 Å². The van der Waals surface area contributed by atoms with Crippen LogP contribution in [0.3, 0.4) is 0 Å². The van der Waals surface area contributed by atoms with E-state index < -0.39 is 0 Å². The maximum Gasteiger partial charge on any atom is 0.282 e. The van der Waals surface area contributed by atoms with E-state index in [-0.39, 0.29) is 5.56 Å². The van der Waals surface area contributed by atoms with Crippen molar-refractivity contribution in [2.24, 2.45) is 0 Å². The SMILES string of the molecule is Nn1c(SCCOc2ccc(Cl)cc2Cl)nc2scc(-c3ccccc3)c2c1=O. The lowest BCUT2D eigenvalue weighted by Gasteiger charge is -2.09. The van der Waals surface area contributed by atoms with E-state index in [1.807, 2.05) is 35.7 Å². The van der Waals surface area contributed by atoms with Gasteiger partial charge in [-0.2, -0.15) is 0 Å². The Morgan fingerprint density at radius 3 is 2.72 bits per heavy atom. The molecule has 0 saturated carbocycles. The Morgan fingerprint density at radius 2 is 1.97 bits per heavy atom. The number of nitrogens with two attached hydrogens (primary N) is 1. The smallest absolute Gasteiger partial charge is 0.282 e. The van der Waals surface area contributed by atoms with Crippen LogP contribution in [0.4, 0.5) is 0 Å². The van der Waals surface area contributed by atoms with E-state index in [1.165, 1.54) is 23.1 Å². The molecule has 0 atom stereocenters. The van der Waals surface area contributed by atoms with Crippen LogP contribution in [0.15, 0.2) is 63.9 Å². The summed E-state index contributed by atoms with van der Waals surface area (Å²) in [6.07, 6.45) is 0. The number of nitrogens with zero attached hydrogens (tertiary/aromatic N) is 2. The van der Waals surface area contributed by atoms with Crippen LogP contribution in [0.2, 0.25) is 10.0 Å². The maximum atomic E-state index is 12.9. The third-order valence-corrected chi connectivity index (χ3v) is 6.48. The number of nitrogen functional groups attached to an aromatic ring is 1. The highest BCUT2D eigenvalue weighted by molar-refractivity contribution is 7.99. The minimum absolute atomic E-state index is 0.265. The van der Waals surface area contributed by atoms with Gasteiger partial charge >= 0.3 is 0 Å². The Morgan fingerprint density at radius 1 is 1.17 bits per heavy atom. The Hall–Kier alpha value is -2.19. The number of fused-ring (bicyclic) bond motifs is 1. The van der Waals surface area contributed by atoms with Gasteiger partial charge in [0.1, 0.15) is 10.6 Å². The molecule has 0 spiro atoms. The number of thiophene rings is 1. The monoisotopic (exact) mass is 463 g/mol. The molecule has 0 unspecified atom stereocenters. The van der Waals surface area contributed by atoms with Gasteiger partial charge in [-0.25, -0.2) is 9.66 Å². The van der Waals surface area contributed by atoms with Gasteiger partial charge in [-0.15, -0.1) is 11.3 Å². The molecular weight excluding hydrogens is 449 g/mol. The van der Waals surface area contributed by atoms with Crippen molar-refractivity contribution >= 4 is 56.5 Å². The van der Waals surface area contributed by atoms with Gasteiger partial charge in [-0.3, -0.25) is 4.79 Å². The molecule has 0 fully saturated rings. The topological polar surface area (TPSA) is 70.1 Å². The molecule has 2 N–H and O–H groups in total. The average Bonchev–Trinajstić information content (AvgIpc) is 3.15. The average molecular weight is 464 g/mol. The standard InChI is InChI=1S/C20H15Cl2N3O2S2/c21-13-6-7-16(15(22)10-13)27-8-9-28-20-24-18-17(19(26)25(20)23)14(11-29-18)12-4-2-1-3-5-12/h1-7,10-11H,8-9,23H2. The number of hydrogen-bond donors (Lipinski definition) is 1. The van der Waals surface area contributed by atoms with E-state index >= 15 is 0 Å². The van der Waals surface area contributed by atoms with Gasteiger partial charge in [0.25, 0.3) is 5.56 Å². The summed E-state index contributed by atoms with van der Waals surface area (Å²) in [5.41, 5.74) is 1.55. The molecule has 4 rings (SSSR count). The zero-order valence-electron chi connectivity index (χ0n) is 15.0. The summed E-state index contributed by atoms with van der Waals surface area (Å²) in [7, 11) is 0. The molecule has 4 aromatic rings. The molecule has 0 aliphatic heterocycles. The lowest BCUT2D eigenvalue weighted by molar-refractivity contribution is 0.344. The van der Waals surface area contributed by atoms with Crippen molar-refractivity contribution in [2.45, 2.75) is 5.16 Å². The number of benzene rings is 2. The van der Waals surface area contributed by atoms with Crippen LogP contribution in [-0.4, -0.2) is 22.0 Å². The Kier molecular flexibility index (Phi) is 6.01. The third-order valence-electron chi connectivity index (χ3n) is 4.16. The second-order valence-corrected chi connectivity index (χ2v) is 8.80. The van der Waals surface area contributed by atoms with E-state index in [9.17, 15) is 4.79 Å². The summed E-state index contributed by atoms with van der Waals surface area (Å²) < 4.78 is 6.77. The van der Waals surface area contributed by atoms with Crippen LogP contribution < -0.4 is 16.1 Å². The number of rotatable bonds is 6. The van der Waals surface area contributed by atoms with Gasteiger partial charge in [0.05, 0.1) is 17.0 Å². The molecule has 0 saturated heterocycles. The molecule has 2 aromatic heterocycles. The highest BCUT2D eigenvalue weighted by Gasteiger charge is 2.16. The molecule has 148 valence electrons. The summed E-state index contributed by atoms with van der Waals surface area (Å²) in [5.74, 6) is 7.14. The molecule has 2 heterocycles. The molecule has 9 heteroatoms. The van der Waals surface area contributed by atoms with Crippen molar-refractivity contribution in [1.29, 1.82) is 0 Å². The second kappa shape index (κ2) is 8.67. The lowest BCUT2D eigenvalue weighted by atomic mass is 10.1. The van der Waals surface area contributed by atoms with Gasteiger partial charge in [-0.1, -0.05) is 65.3 Å². The Labute approximate surface area is 185 Å². The molecule has 0 aliphatic rings. The fourth-order valence-electron chi connectivity index (χ4n) is 2.79. The van der Waals surface area contributed by atoms with Crippen molar-refractivity contribution in [3.63, 3.8) is 0 Å². The normalized spacial score (nSPS) is 11.1. The first-order valence-electron chi connectivity index (χ1n) is 8.60. The first-order chi connectivity index (χ1) is 14.0. The molecule has 0 bridgehead atoms. The molecular formula is C20H15Cl2N3O2S2. The van der Waals surface area contributed by atoms with Gasteiger partial charge in [0.2, 0.25) is 0 Å². The lowest BCUT2D eigenvalue weighted by Crippen LogP contribution is -2.29. The van der Waals surface area contributed by atoms with Crippen LogP contribution >= 0.6 is 46.3 Å². The van der Waals surface area contributed by atoms with Crippen LogP contribution in [0.5, 0.6) is 5.75 Å². The summed E-state index contributed by atoms with van der Waals surface area (Å²) in [4.78, 5) is 18.1. The zero-order chi connectivity index (χ0) is 20.4. The van der Waals surface area contributed by atoms with E-state index in [4.69, 9.17) is 33.8 Å². The molecule has 5 nitrogen and oxygen atoms in total. The van der Waals surface area contributed by atoms with Gasteiger partial charge < -0.3 is 10.6 Å². The maximum absolute atomic E-state index is 12.9. The van der Waals surface area contributed by atoms with Crippen LogP contribution in [-0.2, 0) is 0 Å². The fraction of sp³-hybridized carbons (Fsp3) is 0.100. The van der Waals surface area contributed by atoms with Gasteiger partial charge in [0.15, 0.2) is 5.16 Å². The highest BCUT2D eigenvalue weighted by Crippen LogP contribution is 2.32. The Balaban J connectivity index is 1.51. The quantitative estimate of drug-likeness (QED) is 0.181. The van der Waals surface area contributed by atoms with Crippen molar-refractivity contribution in [3.8, 4) is 16.9 Å². The van der Waals surface area contributed by atoms with Gasteiger partial charge in [-0.05, 0) is 23.8 Å². The number of aromatic nitrogens is 2. The third kappa shape index (κ3) is 4.23. The van der Waals surface area contributed by atoms with E-state index in [2.05, 4.69) is 4.98 Å². The minimum atomic E-state index is -0.265. The first-order valence-corrected chi connectivity index (χ1v) is 11.2. The summed E-state index contributed by atoms with van der Waals surface area (Å²) in [6.45, 7) is 0.375. The summed E-state index contributed by atoms with van der Waals surface area (Å²) >= 11 is 14.8. The van der Waals surface area contributed by atoms with Crippen LogP contribution in [0.1, 0.15) is 0 Å². The Bertz CT molecular complexity index is 1230. The minimum Gasteiger partial charge on any atom is -0.491 e. The van der Waals surface area contributed by atoms with E-state index in [1.54, 1.807) is 18.2 Å². The number of thioether (sulfide) groups is 1. The second-order valence-electron chi connectivity index (χ2n) is 6.04. The predicted octanol–water partition coefficient (Wildman–Crippen LogP) is 5.32. The molecule has 29 heavy (non-hydrogen) atoms. The number of halogens is 2. The number of ether oxygens (including phenoxy) is 1. The summed E-state index contributed by atoms with van der Waals surface area (Å²) in [5, 5.41) is 3.91. The first kappa shape index (κ1) is 20.1. The molecule has 0 amide bonds. The summed E-state index contributed by atoms with van der Waals surface area (Å²) in [6, 6.07) is 14.8. The van der Waals surface area contributed by atoms with Crippen molar-refractivity contribution in [3.05, 3.63) is 74.3 Å². The number of hydrogen-bond acceptors (Lipinski definition) is 6. The highest BCUT2D eigenvalue weighted by atomic mass is 35.5. The van der Waals surface area contributed by atoms with Gasteiger partial charge in [0, 0.05) is 21.7 Å². The molecule has 0 aliphatic carbocycles. The van der Waals surface area contributed by atoms with Crippen LogP contribution in [0.25, 0.3) is 21.3 Å². The predicted molar refractivity (Wildman–Crippen MR) is 122 cm³/mol. The fourth-order valence-corrected chi connectivity index (χ4v) is 4.98.